The predicted molar refractivity (Wildman–Crippen MR) is 93.4 cm³/mol. The molecule has 1 aromatic carbocycles. The van der Waals surface area contributed by atoms with Crippen molar-refractivity contribution in [2.24, 2.45) is 0 Å². The van der Waals surface area contributed by atoms with Crippen LogP contribution in [0.5, 0.6) is 0 Å². The van der Waals surface area contributed by atoms with Gasteiger partial charge in [0, 0.05) is 37.4 Å². The number of anilines is 1. The van der Waals surface area contributed by atoms with E-state index in [-0.39, 0.29) is 24.2 Å². The zero-order chi connectivity index (χ0) is 16.4. The molecule has 2 amide bonds. The largest absolute Gasteiger partial charge is 0.459 e. The van der Waals surface area contributed by atoms with Crippen LogP contribution < -0.4 is 5.73 Å². The summed E-state index contributed by atoms with van der Waals surface area (Å²) in [6, 6.07) is 8.68. The first kappa shape index (κ1) is 17.9. The standard InChI is InChI=1S/C17H19N3O3.ClH/c1-12-4-5-13(18)11-14(12)16(21)19-6-8-20(9-7-19)17(22)15-3-2-10-23-15;/h2-5,10-11H,6-9,18H2,1H3;1H. The van der Waals surface area contributed by atoms with Crippen molar-refractivity contribution in [3.05, 3.63) is 53.5 Å². The average Bonchev–Trinajstić information content (AvgIpc) is 3.10. The second-order valence-electron chi connectivity index (χ2n) is 5.64. The van der Waals surface area contributed by atoms with Crippen molar-refractivity contribution in [2.75, 3.05) is 31.9 Å². The molecule has 7 heteroatoms. The number of amides is 2. The summed E-state index contributed by atoms with van der Waals surface area (Å²) < 4.78 is 5.14. The number of carbonyl (C=O) groups excluding carboxylic acids is 2. The maximum Gasteiger partial charge on any atom is 0.289 e. The van der Waals surface area contributed by atoms with Gasteiger partial charge in [0.15, 0.2) is 5.76 Å². The zero-order valence-corrected chi connectivity index (χ0v) is 14.2. The first-order chi connectivity index (χ1) is 11.1. The van der Waals surface area contributed by atoms with Crippen LogP contribution in [0.25, 0.3) is 0 Å². The van der Waals surface area contributed by atoms with Crippen LogP contribution in [-0.4, -0.2) is 47.8 Å². The van der Waals surface area contributed by atoms with Crippen molar-refractivity contribution in [2.45, 2.75) is 6.92 Å². The second-order valence-corrected chi connectivity index (χ2v) is 5.64. The minimum Gasteiger partial charge on any atom is -0.459 e. The molecule has 0 radical (unpaired) electrons. The fourth-order valence-corrected chi connectivity index (χ4v) is 2.71. The van der Waals surface area contributed by atoms with Crippen LogP contribution in [0.1, 0.15) is 26.5 Å². The van der Waals surface area contributed by atoms with Gasteiger partial charge in [0.1, 0.15) is 0 Å². The van der Waals surface area contributed by atoms with Gasteiger partial charge in [0.25, 0.3) is 11.8 Å². The van der Waals surface area contributed by atoms with E-state index in [0.29, 0.717) is 43.2 Å². The third kappa shape index (κ3) is 3.54. The number of aryl methyl sites for hydroxylation is 1. The molecule has 1 saturated heterocycles. The van der Waals surface area contributed by atoms with Crippen LogP contribution >= 0.6 is 12.4 Å². The first-order valence-corrected chi connectivity index (χ1v) is 7.54. The fourth-order valence-electron chi connectivity index (χ4n) is 2.71. The molecule has 1 aliphatic rings. The summed E-state index contributed by atoms with van der Waals surface area (Å²) in [7, 11) is 0. The van der Waals surface area contributed by atoms with Gasteiger partial charge in [0.2, 0.25) is 0 Å². The highest BCUT2D eigenvalue weighted by molar-refractivity contribution is 5.97. The summed E-state index contributed by atoms with van der Waals surface area (Å²) in [6.45, 7) is 3.88. The lowest BCUT2D eigenvalue weighted by atomic mass is 10.1. The molecular weight excluding hydrogens is 330 g/mol. The minimum absolute atomic E-state index is 0. The van der Waals surface area contributed by atoms with Gasteiger partial charge in [-0.15, -0.1) is 12.4 Å². The predicted octanol–water partition coefficient (Wildman–Crippen LogP) is 2.19. The van der Waals surface area contributed by atoms with Crippen LogP contribution in [0.4, 0.5) is 5.69 Å². The number of rotatable bonds is 2. The monoisotopic (exact) mass is 349 g/mol. The van der Waals surface area contributed by atoms with Crippen molar-refractivity contribution in [1.82, 2.24) is 9.80 Å². The highest BCUT2D eigenvalue weighted by Gasteiger charge is 2.27. The topological polar surface area (TPSA) is 79.8 Å². The fraction of sp³-hybridized carbons (Fsp3) is 0.294. The van der Waals surface area contributed by atoms with E-state index in [1.54, 1.807) is 34.1 Å². The van der Waals surface area contributed by atoms with Crippen molar-refractivity contribution >= 4 is 29.9 Å². The maximum absolute atomic E-state index is 12.6. The second kappa shape index (κ2) is 7.40. The number of nitrogens with two attached hydrogens (primary N) is 1. The average molecular weight is 350 g/mol. The molecule has 0 unspecified atom stereocenters. The van der Waals surface area contributed by atoms with Gasteiger partial charge >= 0.3 is 0 Å². The SMILES string of the molecule is Cc1ccc(N)cc1C(=O)N1CCN(C(=O)c2ccco2)CC1.Cl. The van der Waals surface area contributed by atoms with Crippen molar-refractivity contribution in [3.8, 4) is 0 Å². The first-order valence-electron chi connectivity index (χ1n) is 7.54. The molecule has 1 fully saturated rings. The molecule has 0 spiro atoms. The van der Waals surface area contributed by atoms with Crippen molar-refractivity contribution in [1.29, 1.82) is 0 Å². The summed E-state index contributed by atoms with van der Waals surface area (Å²) in [5.74, 6) is 0.151. The summed E-state index contributed by atoms with van der Waals surface area (Å²) >= 11 is 0. The molecule has 2 heterocycles. The normalized spacial score (nSPS) is 14.2. The zero-order valence-electron chi connectivity index (χ0n) is 13.4. The molecule has 3 rings (SSSR count). The van der Waals surface area contributed by atoms with E-state index < -0.39 is 0 Å². The summed E-state index contributed by atoms with van der Waals surface area (Å²) in [6.07, 6.45) is 1.48. The van der Waals surface area contributed by atoms with Gasteiger partial charge in [-0.05, 0) is 36.8 Å². The summed E-state index contributed by atoms with van der Waals surface area (Å²) in [5.41, 5.74) is 7.87. The van der Waals surface area contributed by atoms with Crippen molar-refractivity contribution < 1.29 is 14.0 Å². The number of hydrogen-bond donors (Lipinski definition) is 1. The number of furan rings is 1. The molecule has 0 bridgehead atoms. The Morgan fingerprint density at radius 1 is 1.04 bits per heavy atom. The van der Waals surface area contributed by atoms with Gasteiger partial charge in [-0.3, -0.25) is 9.59 Å². The van der Waals surface area contributed by atoms with Crippen LogP contribution in [0.3, 0.4) is 0 Å². The molecule has 6 nitrogen and oxygen atoms in total. The molecule has 2 N–H and O–H groups in total. The quantitative estimate of drug-likeness (QED) is 0.843. The number of halogens is 1. The van der Waals surface area contributed by atoms with E-state index in [0.717, 1.165) is 5.56 Å². The van der Waals surface area contributed by atoms with Gasteiger partial charge in [-0.25, -0.2) is 0 Å². The van der Waals surface area contributed by atoms with Crippen LogP contribution in [0.2, 0.25) is 0 Å². The lowest BCUT2D eigenvalue weighted by Crippen LogP contribution is -2.50. The molecule has 128 valence electrons. The molecule has 2 aromatic rings. The van der Waals surface area contributed by atoms with Gasteiger partial charge in [-0.2, -0.15) is 0 Å². The van der Waals surface area contributed by atoms with Crippen LogP contribution in [0.15, 0.2) is 41.0 Å². The molecule has 1 aromatic heterocycles. The Morgan fingerprint density at radius 2 is 1.67 bits per heavy atom. The lowest BCUT2D eigenvalue weighted by Gasteiger charge is -2.34. The van der Waals surface area contributed by atoms with Gasteiger partial charge < -0.3 is 20.0 Å². The highest BCUT2D eigenvalue weighted by Crippen LogP contribution is 2.17. The van der Waals surface area contributed by atoms with E-state index in [4.69, 9.17) is 10.2 Å². The van der Waals surface area contributed by atoms with Crippen molar-refractivity contribution in [3.63, 3.8) is 0 Å². The number of benzene rings is 1. The number of hydrogen-bond acceptors (Lipinski definition) is 4. The maximum atomic E-state index is 12.6. The molecule has 24 heavy (non-hydrogen) atoms. The Bertz CT molecular complexity index is 723. The molecular formula is C17H20ClN3O3. The minimum atomic E-state index is -0.137. The molecule has 0 atom stereocenters. The highest BCUT2D eigenvalue weighted by atomic mass is 35.5. The number of piperazine rings is 1. The van der Waals surface area contributed by atoms with E-state index in [2.05, 4.69) is 0 Å². The molecule has 0 saturated carbocycles. The number of nitrogen functional groups attached to an aromatic ring is 1. The lowest BCUT2D eigenvalue weighted by molar-refractivity contribution is 0.0518. The summed E-state index contributed by atoms with van der Waals surface area (Å²) in [4.78, 5) is 28.3. The third-order valence-corrected chi connectivity index (χ3v) is 4.08. The Hall–Kier alpha value is -2.47. The Balaban J connectivity index is 0.00000208. The molecule has 0 aliphatic carbocycles. The number of carbonyl (C=O) groups is 2. The van der Waals surface area contributed by atoms with E-state index in [1.165, 1.54) is 6.26 Å². The van der Waals surface area contributed by atoms with E-state index in [9.17, 15) is 9.59 Å². The van der Waals surface area contributed by atoms with E-state index in [1.807, 2.05) is 13.0 Å². The molecule has 1 aliphatic heterocycles. The Labute approximate surface area is 146 Å². The Kier molecular flexibility index (Phi) is 5.51. The summed E-state index contributed by atoms with van der Waals surface area (Å²) in [5, 5.41) is 0. The Morgan fingerprint density at radius 3 is 2.25 bits per heavy atom. The van der Waals surface area contributed by atoms with Crippen LogP contribution in [-0.2, 0) is 0 Å². The van der Waals surface area contributed by atoms with Gasteiger partial charge in [0.05, 0.1) is 6.26 Å². The van der Waals surface area contributed by atoms with E-state index >= 15 is 0 Å². The van der Waals surface area contributed by atoms with Gasteiger partial charge in [-0.1, -0.05) is 6.07 Å². The third-order valence-electron chi connectivity index (χ3n) is 4.08. The number of nitrogens with zero attached hydrogens (tertiary/aromatic N) is 2. The smallest absolute Gasteiger partial charge is 0.289 e. The van der Waals surface area contributed by atoms with Crippen LogP contribution in [0, 0.1) is 6.92 Å².